The molecular formula is C16H22F3N3O3. The van der Waals surface area contributed by atoms with Crippen molar-refractivity contribution < 1.29 is 22.7 Å². The number of urea groups is 1. The first-order chi connectivity index (χ1) is 11.6. The van der Waals surface area contributed by atoms with E-state index in [0.29, 0.717) is 24.3 Å². The van der Waals surface area contributed by atoms with Gasteiger partial charge in [-0.15, -0.1) is 0 Å². The number of alkyl halides is 3. The third-order valence-electron chi connectivity index (χ3n) is 4.36. The minimum absolute atomic E-state index is 0.00228. The van der Waals surface area contributed by atoms with E-state index >= 15 is 0 Å². The highest BCUT2D eigenvalue weighted by Crippen LogP contribution is 2.31. The van der Waals surface area contributed by atoms with Crippen molar-refractivity contribution in [2.75, 3.05) is 32.1 Å². The molecule has 1 fully saturated rings. The summed E-state index contributed by atoms with van der Waals surface area (Å²) in [5.41, 5.74) is -1.05. The van der Waals surface area contributed by atoms with E-state index in [0.717, 1.165) is 19.0 Å². The number of amides is 2. The minimum Gasteiger partial charge on any atom is -0.384 e. The van der Waals surface area contributed by atoms with Gasteiger partial charge in [-0.2, -0.15) is 13.2 Å². The summed E-state index contributed by atoms with van der Waals surface area (Å²) in [7, 11) is 1.63. The van der Waals surface area contributed by atoms with Crippen LogP contribution in [0.15, 0.2) is 23.1 Å². The number of carbonyl (C=O) groups is 1. The molecule has 0 spiro atoms. The van der Waals surface area contributed by atoms with Crippen LogP contribution in [0, 0.1) is 5.41 Å². The topological polar surface area (TPSA) is 63.6 Å². The summed E-state index contributed by atoms with van der Waals surface area (Å²) in [5.74, 6) is 0. The van der Waals surface area contributed by atoms with Gasteiger partial charge in [0.1, 0.15) is 12.2 Å². The number of pyridine rings is 1. The maximum absolute atomic E-state index is 12.5. The number of rotatable bonds is 4. The zero-order valence-electron chi connectivity index (χ0n) is 14.2. The molecule has 1 aromatic rings. The van der Waals surface area contributed by atoms with Crippen molar-refractivity contribution in [2.24, 2.45) is 5.41 Å². The predicted octanol–water partition coefficient (Wildman–Crippen LogP) is 2.69. The first kappa shape index (κ1) is 19.3. The Kier molecular flexibility index (Phi) is 5.76. The Bertz CT molecular complexity index is 665. The van der Waals surface area contributed by atoms with Gasteiger partial charge in [-0.05, 0) is 30.4 Å². The van der Waals surface area contributed by atoms with Crippen molar-refractivity contribution in [3.05, 3.63) is 28.7 Å². The average molecular weight is 361 g/mol. The number of halogens is 3. The Morgan fingerprint density at radius 2 is 2.00 bits per heavy atom. The second-order valence-electron chi connectivity index (χ2n) is 6.63. The Hall–Kier alpha value is -2.03. The molecule has 9 heteroatoms. The van der Waals surface area contributed by atoms with Gasteiger partial charge in [0.05, 0.1) is 6.61 Å². The molecular weight excluding hydrogens is 339 g/mol. The monoisotopic (exact) mass is 361 g/mol. The number of anilines is 1. The van der Waals surface area contributed by atoms with Crippen molar-refractivity contribution in [3.63, 3.8) is 0 Å². The van der Waals surface area contributed by atoms with Gasteiger partial charge in [-0.25, -0.2) is 4.79 Å². The van der Waals surface area contributed by atoms with Gasteiger partial charge < -0.3 is 19.5 Å². The quantitative estimate of drug-likeness (QED) is 0.897. The van der Waals surface area contributed by atoms with E-state index in [9.17, 15) is 22.8 Å². The first-order valence-electron chi connectivity index (χ1n) is 7.95. The number of likely N-dealkylation sites (tertiary alicyclic amines) is 1. The lowest BCUT2D eigenvalue weighted by Gasteiger charge is -2.38. The van der Waals surface area contributed by atoms with Crippen LogP contribution in [0.1, 0.15) is 19.8 Å². The molecule has 2 amide bonds. The van der Waals surface area contributed by atoms with Gasteiger partial charge in [0.25, 0.3) is 5.56 Å². The van der Waals surface area contributed by atoms with Crippen molar-refractivity contribution >= 4 is 11.7 Å². The lowest BCUT2D eigenvalue weighted by molar-refractivity contribution is -0.141. The summed E-state index contributed by atoms with van der Waals surface area (Å²) >= 11 is 0. The molecule has 2 rings (SSSR count). The molecule has 1 aliphatic heterocycles. The van der Waals surface area contributed by atoms with Gasteiger partial charge in [-0.3, -0.25) is 4.79 Å². The lowest BCUT2D eigenvalue weighted by Crippen LogP contribution is -2.46. The molecule has 1 N–H and O–H groups in total. The Morgan fingerprint density at radius 1 is 1.36 bits per heavy atom. The number of hydrogen-bond acceptors (Lipinski definition) is 3. The van der Waals surface area contributed by atoms with Gasteiger partial charge in [0, 0.05) is 26.4 Å². The van der Waals surface area contributed by atoms with Crippen LogP contribution in [0.3, 0.4) is 0 Å². The molecule has 1 aliphatic rings. The molecule has 0 aliphatic carbocycles. The van der Waals surface area contributed by atoms with E-state index in [-0.39, 0.29) is 11.1 Å². The smallest absolute Gasteiger partial charge is 0.384 e. The normalized spacial score (nSPS) is 17.4. The zero-order valence-corrected chi connectivity index (χ0v) is 14.2. The molecule has 0 bridgehead atoms. The van der Waals surface area contributed by atoms with E-state index in [2.05, 4.69) is 12.2 Å². The standard InChI is InChI=1S/C16H22F3N3O3/c1-15(11-25-2)5-8-21(9-6-15)14(24)20-12-4-3-7-22(13(12)23)10-16(17,18)19/h3-4,7H,5-6,8-11H2,1-2H3,(H,20,24). The molecule has 2 heterocycles. The zero-order chi connectivity index (χ0) is 18.7. The van der Waals surface area contributed by atoms with Gasteiger partial charge >= 0.3 is 12.2 Å². The molecule has 0 aromatic carbocycles. The van der Waals surface area contributed by atoms with Crippen LogP contribution in [0.5, 0.6) is 0 Å². The summed E-state index contributed by atoms with van der Waals surface area (Å²) in [6, 6.07) is 2.11. The van der Waals surface area contributed by atoms with Crippen molar-refractivity contribution in [1.29, 1.82) is 0 Å². The fourth-order valence-electron chi connectivity index (χ4n) is 2.89. The summed E-state index contributed by atoms with van der Waals surface area (Å²) in [5, 5.41) is 2.42. The van der Waals surface area contributed by atoms with Crippen LogP contribution < -0.4 is 10.9 Å². The fourth-order valence-corrected chi connectivity index (χ4v) is 2.89. The summed E-state index contributed by atoms with van der Waals surface area (Å²) in [4.78, 5) is 25.9. The molecule has 25 heavy (non-hydrogen) atoms. The minimum atomic E-state index is -4.51. The van der Waals surface area contributed by atoms with Crippen molar-refractivity contribution in [2.45, 2.75) is 32.5 Å². The largest absolute Gasteiger partial charge is 0.406 e. The molecule has 140 valence electrons. The molecule has 0 radical (unpaired) electrons. The summed E-state index contributed by atoms with van der Waals surface area (Å²) in [6.07, 6.45) is -1.96. The third kappa shape index (κ3) is 5.22. The predicted molar refractivity (Wildman–Crippen MR) is 86.6 cm³/mol. The highest BCUT2D eigenvalue weighted by molar-refractivity contribution is 5.89. The van der Waals surface area contributed by atoms with E-state index in [1.807, 2.05) is 0 Å². The highest BCUT2D eigenvalue weighted by Gasteiger charge is 2.32. The van der Waals surface area contributed by atoms with Crippen LogP contribution in [-0.4, -0.2) is 48.5 Å². The number of carbonyl (C=O) groups excluding carboxylic acids is 1. The van der Waals surface area contributed by atoms with Crippen LogP contribution >= 0.6 is 0 Å². The van der Waals surface area contributed by atoms with Crippen LogP contribution in [-0.2, 0) is 11.3 Å². The number of methoxy groups -OCH3 is 1. The highest BCUT2D eigenvalue weighted by atomic mass is 19.4. The summed E-state index contributed by atoms with van der Waals surface area (Å²) in [6.45, 7) is 2.28. The molecule has 0 saturated carbocycles. The fraction of sp³-hybridized carbons (Fsp3) is 0.625. The second kappa shape index (κ2) is 7.47. The Balaban J connectivity index is 2.02. The number of piperidine rings is 1. The van der Waals surface area contributed by atoms with E-state index in [1.54, 1.807) is 12.0 Å². The van der Waals surface area contributed by atoms with E-state index in [4.69, 9.17) is 4.74 Å². The van der Waals surface area contributed by atoms with Gasteiger partial charge in [0.2, 0.25) is 0 Å². The first-order valence-corrected chi connectivity index (χ1v) is 7.95. The van der Waals surface area contributed by atoms with Gasteiger partial charge in [0.15, 0.2) is 0 Å². The maximum Gasteiger partial charge on any atom is 0.406 e. The Labute approximate surface area is 143 Å². The summed E-state index contributed by atoms with van der Waals surface area (Å²) < 4.78 is 43.1. The molecule has 0 atom stereocenters. The SMILES string of the molecule is COCC1(C)CCN(C(=O)Nc2cccn(CC(F)(F)F)c2=O)CC1. The number of nitrogens with one attached hydrogen (secondary N) is 1. The number of hydrogen-bond donors (Lipinski definition) is 1. The van der Waals surface area contributed by atoms with Gasteiger partial charge in [-0.1, -0.05) is 6.92 Å². The number of aromatic nitrogens is 1. The van der Waals surface area contributed by atoms with Crippen molar-refractivity contribution in [3.8, 4) is 0 Å². The van der Waals surface area contributed by atoms with Crippen LogP contribution in [0.25, 0.3) is 0 Å². The van der Waals surface area contributed by atoms with E-state index < -0.39 is 24.3 Å². The second-order valence-corrected chi connectivity index (χ2v) is 6.63. The molecule has 0 unspecified atom stereocenters. The lowest BCUT2D eigenvalue weighted by atomic mass is 9.81. The third-order valence-corrected chi connectivity index (χ3v) is 4.36. The maximum atomic E-state index is 12.5. The average Bonchev–Trinajstić information content (AvgIpc) is 2.50. The van der Waals surface area contributed by atoms with E-state index in [1.165, 1.54) is 12.1 Å². The molecule has 1 aromatic heterocycles. The van der Waals surface area contributed by atoms with Crippen LogP contribution in [0.4, 0.5) is 23.7 Å². The molecule has 1 saturated heterocycles. The number of nitrogens with zero attached hydrogens (tertiary/aromatic N) is 2. The van der Waals surface area contributed by atoms with Crippen LogP contribution in [0.2, 0.25) is 0 Å². The number of ether oxygens (including phenoxy) is 1. The Morgan fingerprint density at radius 3 is 2.56 bits per heavy atom. The molecule has 6 nitrogen and oxygen atoms in total. The van der Waals surface area contributed by atoms with Crippen molar-refractivity contribution in [1.82, 2.24) is 9.47 Å².